The molecular formula is C22H23O10P. The maximum absolute atomic E-state index is 12.8. The van der Waals surface area contributed by atoms with Crippen LogP contribution < -0.4 is 10.2 Å². The van der Waals surface area contributed by atoms with Crippen LogP contribution in [-0.2, 0) is 13.9 Å². The van der Waals surface area contributed by atoms with Gasteiger partial charge in [0.2, 0.25) is 5.43 Å². The topological polar surface area (TPSA) is 164 Å². The molecule has 0 aliphatic carbocycles. The summed E-state index contributed by atoms with van der Waals surface area (Å²) in [7, 11) is -4.55. The van der Waals surface area contributed by atoms with Crippen LogP contribution in [0, 0.1) is 5.41 Å². The summed E-state index contributed by atoms with van der Waals surface area (Å²) in [6.07, 6.45) is 1.74. The number of phenols is 2. The van der Waals surface area contributed by atoms with Gasteiger partial charge in [0.05, 0.1) is 17.6 Å². The van der Waals surface area contributed by atoms with E-state index in [1.54, 1.807) is 26.0 Å². The SMILES string of the molecule is CC(C)(CCCOP(=O)(O)O)C(=O)Oc1ccc(-c2coc3cc(O)cc(O)c3c2=O)cc1. The number of hydrogen-bond donors (Lipinski definition) is 4. The summed E-state index contributed by atoms with van der Waals surface area (Å²) in [4.78, 5) is 42.7. The first-order valence-corrected chi connectivity index (χ1v) is 11.4. The molecule has 10 nitrogen and oxygen atoms in total. The van der Waals surface area contributed by atoms with Crippen molar-refractivity contribution in [2.24, 2.45) is 5.41 Å². The number of phosphoric ester groups is 1. The van der Waals surface area contributed by atoms with E-state index < -0.39 is 30.4 Å². The van der Waals surface area contributed by atoms with Crippen LogP contribution >= 0.6 is 7.82 Å². The van der Waals surface area contributed by atoms with Crippen molar-refractivity contribution in [2.45, 2.75) is 26.7 Å². The largest absolute Gasteiger partial charge is 0.508 e. The Morgan fingerprint density at radius 2 is 1.79 bits per heavy atom. The molecule has 33 heavy (non-hydrogen) atoms. The van der Waals surface area contributed by atoms with Gasteiger partial charge < -0.3 is 29.2 Å². The minimum Gasteiger partial charge on any atom is -0.508 e. The van der Waals surface area contributed by atoms with Gasteiger partial charge in [-0.05, 0) is 44.4 Å². The zero-order chi connectivity index (χ0) is 24.4. The Kier molecular flexibility index (Phi) is 6.94. The lowest BCUT2D eigenvalue weighted by molar-refractivity contribution is -0.144. The van der Waals surface area contributed by atoms with Gasteiger partial charge in [-0.25, -0.2) is 4.57 Å². The van der Waals surface area contributed by atoms with Gasteiger partial charge in [0.15, 0.2) is 0 Å². The van der Waals surface area contributed by atoms with E-state index in [1.165, 1.54) is 24.5 Å². The van der Waals surface area contributed by atoms with Gasteiger partial charge in [-0.1, -0.05) is 12.1 Å². The molecule has 0 saturated carbocycles. The molecule has 3 rings (SSSR count). The molecule has 2 aromatic carbocycles. The summed E-state index contributed by atoms with van der Waals surface area (Å²) in [6, 6.07) is 8.38. The Labute approximate surface area is 188 Å². The van der Waals surface area contributed by atoms with Crippen molar-refractivity contribution < 1.29 is 43.0 Å². The highest BCUT2D eigenvalue weighted by Gasteiger charge is 2.30. The Hall–Kier alpha value is -3.17. The third-order valence-corrected chi connectivity index (χ3v) is 5.49. The fraction of sp³-hybridized carbons (Fsp3) is 0.273. The highest BCUT2D eigenvalue weighted by Crippen LogP contribution is 2.36. The van der Waals surface area contributed by atoms with E-state index in [2.05, 4.69) is 4.52 Å². The Morgan fingerprint density at radius 3 is 2.42 bits per heavy atom. The van der Waals surface area contributed by atoms with Gasteiger partial charge in [-0.15, -0.1) is 0 Å². The second kappa shape index (κ2) is 9.36. The summed E-state index contributed by atoms with van der Waals surface area (Å²) in [5, 5.41) is 19.5. The number of fused-ring (bicyclic) bond motifs is 1. The van der Waals surface area contributed by atoms with Gasteiger partial charge in [-0.3, -0.25) is 14.1 Å². The van der Waals surface area contributed by atoms with Gasteiger partial charge in [0.1, 0.15) is 34.5 Å². The first-order chi connectivity index (χ1) is 15.4. The van der Waals surface area contributed by atoms with Crippen LogP contribution in [0.25, 0.3) is 22.1 Å². The number of phenolic OH excluding ortho intramolecular Hbond substituents is 2. The van der Waals surface area contributed by atoms with E-state index in [0.29, 0.717) is 5.56 Å². The molecule has 1 heterocycles. The molecule has 0 aliphatic heterocycles. The molecule has 0 radical (unpaired) electrons. The predicted octanol–water partition coefficient (Wildman–Crippen LogP) is 3.69. The quantitative estimate of drug-likeness (QED) is 0.162. The van der Waals surface area contributed by atoms with Crippen molar-refractivity contribution in [2.75, 3.05) is 6.61 Å². The highest BCUT2D eigenvalue weighted by atomic mass is 31.2. The number of benzene rings is 2. The zero-order valence-corrected chi connectivity index (χ0v) is 18.7. The van der Waals surface area contributed by atoms with Crippen LogP contribution in [0.5, 0.6) is 17.2 Å². The van der Waals surface area contributed by atoms with Gasteiger partial charge in [0.25, 0.3) is 0 Å². The number of phosphoric acid groups is 1. The summed E-state index contributed by atoms with van der Waals surface area (Å²) in [5.41, 5.74) is -0.740. The van der Waals surface area contributed by atoms with Crippen LogP contribution in [0.15, 0.2) is 51.9 Å². The number of ether oxygens (including phenoxy) is 1. The van der Waals surface area contributed by atoms with Crippen LogP contribution in [0.3, 0.4) is 0 Å². The minimum atomic E-state index is -4.55. The average molecular weight is 478 g/mol. The van der Waals surface area contributed by atoms with Gasteiger partial charge in [0, 0.05) is 12.1 Å². The van der Waals surface area contributed by atoms with Crippen LogP contribution in [0.4, 0.5) is 0 Å². The van der Waals surface area contributed by atoms with E-state index in [4.69, 9.17) is 18.9 Å². The summed E-state index contributed by atoms with van der Waals surface area (Å²) in [5.74, 6) is -0.943. The maximum atomic E-state index is 12.8. The number of aromatic hydroxyl groups is 2. The fourth-order valence-corrected chi connectivity index (χ4v) is 3.53. The van der Waals surface area contributed by atoms with Crippen molar-refractivity contribution in [1.29, 1.82) is 0 Å². The highest BCUT2D eigenvalue weighted by molar-refractivity contribution is 7.46. The van der Waals surface area contributed by atoms with Crippen LogP contribution in [0.2, 0.25) is 0 Å². The molecule has 0 atom stereocenters. The number of hydrogen-bond acceptors (Lipinski definition) is 8. The fourth-order valence-electron chi connectivity index (χ4n) is 3.16. The standard InChI is InChI=1S/C22H23O10P/c1-22(2,8-3-9-31-33(27,28)29)21(26)32-15-6-4-13(5-7-15)16-12-30-18-11-14(23)10-17(24)19(18)20(16)25/h4-7,10-12,23-24H,3,8-9H2,1-2H3,(H2,27,28,29). The zero-order valence-electron chi connectivity index (χ0n) is 17.8. The van der Waals surface area contributed by atoms with Crippen LogP contribution in [0.1, 0.15) is 26.7 Å². The second-order valence-electron chi connectivity index (χ2n) is 8.04. The lowest BCUT2D eigenvalue weighted by Crippen LogP contribution is -2.29. The molecular weight excluding hydrogens is 455 g/mol. The Balaban J connectivity index is 1.72. The molecule has 3 aromatic rings. The molecule has 1 aromatic heterocycles. The lowest BCUT2D eigenvalue weighted by Gasteiger charge is -2.22. The normalized spacial score (nSPS) is 12.1. The van der Waals surface area contributed by atoms with E-state index in [-0.39, 0.29) is 47.5 Å². The first-order valence-electron chi connectivity index (χ1n) is 9.88. The molecule has 11 heteroatoms. The Morgan fingerprint density at radius 1 is 1.12 bits per heavy atom. The molecule has 0 amide bonds. The third kappa shape index (κ3) is 6.00. The van der Waals surface area contributed by atoms with Crippen molar-refractivity contribution in [3.63, 3.8) is 0 Å². The van der Waals surface area contributed by atoms with E-state index in [1.807, 2.05) is 0 Å². The number of carbonyl (C=O) groups is 1. The lowest BCUT2D eigenvalue weighted by atomic mass is 9.88. The van der Waals surface area contributed by atoms with Crippen LogP contribution in [-0.4, -0.2) is 32.6 Å². The molecule has 0 fully saturated rings. The summed E-state index contributed by atoms with van der Waals surface area (Å²) < 4.78 is 25.9. The third-order valence-electron chi connectivity index (χ3n) is 4.98. The number of esters is 1. The molecule has 0 unspecified atom stereocenters. The number of rotatable bonds is 8. The van der Waals surface area contributed by atoms with Crippen molar-refractivity contribution >= 4 is 24.8 Å². The molecule has 0 spiro atoms. The minimum absolute atomic E-state index is 0.0419. The molecule has 176 valence electrons. The monoisotopic (exact) mass is 478 g/mol. The molecule has 0 saturated heterocycles. The number of carbonyl (C=O) groups excluding carboxylic acids is 1. The molecule has 0 aliphatic rings. The van der Waals surface area contributed by atoms with Gasteiger partial charge >= 0.3 is 13.8 Å². The maximum Gasteiger partial charge on any atom is 0.469 e. The van der Waals surface area contributed by atoms with E-state index >= 15 is 0 Å². The summed E-state index contributed by atoms with van der Waals surface area (Å²) in [6.45, 7) is 3.09. The van der Waals surface area contributed by atoms with E-state index in [9.17, 15) is 24.4 Å². The van der Waals surface area contributed by atoms with Crippen molar-refractivity contribution in [1.82, 2.24) is 0 Å². The molecule has 0 bridgehead atoms. The van der Waals surface area contributed by atoms with Crippen molar-refractivity contribution in [3.05, 3.63) is 52.9 Å². The smallest absolute Gasteiger partial charge is 0.469 e. The second-order valence-corrected chi connectivity index (χ2v) is 9.28. The first kappa shape index (κ1) is 24.5. The summed E-state index contributed by atoms with van der Waals surface area (Å²) >= 11 is 0. The van der Waals surface area contributed by atoms with Gasteiger partial charge in [-0.2, -0.15) is 0 Å². The predicted molar refractivity (Wildman–Crippen MR) is 118 cm³/mol. The molecule has 4 N–H and O–H groups in total. The van der Waals surface area contributed by atoms with Crippen molar-refractivity contribution in [3.8, 4) is 28.4 Å². The average Bonchev–Trinajstić information content (AvgIpc) is 2.71. The van der Waals surface area contributed by atoms with E-state index in [0.717, 1.165) is 6.07 Å². The Bertz CT molecular complexity index is 1270.